The van der Waals surface area contributed by atoms with Crippen LogP contribution in [0.1, 0.15) is 11.3 Å². The van der Waals surface area contributed by atoms with Crippen LogP contribution in [-0.4, -0.2) is 16.5 Å². The fourth-order valence-electron chi connectivity index (χ4n) is 1.32. The number of pyridine rings is 1. The van der Waals surface area contributed by atoms with Gasteiger partial charge in [0, 0.05) is 12.4 Å². The zero-order valence-electron chi connectivity index (χ0n) is 8.39. The molecule has 0 aliphatic heterocycles. The molecule has 15 heavy (non-hydrogen) atoms. The predicted octanol–water partition coefficient (Wildman–Crippen LogP) is 1.40. The fraction of sp³-hybridized carbons (Fsp3) is 0.273. The second kappa shape index (κ2) is 5.26. The molecule has 0 aromatic carbocycles. The van der Waals surface area contributed by atoms with Crippen LogP contribution >= 0.6 is 0 Å². The van der Waals surface area contributed by atoms with E-state index >= 15 is 0 Å². The number of hydrogen-bond donors (Lipinski definition) is 1. The lowest BCUT2D eigenvalue weighted by molar-refractivity contribution is 0.480. The van der Waals surface area contributed by atoms with Gasteiger partial charge in [0.1, 0.15) is 5.76 Å². The Hall–Kier alpha value is -1.68. The van der Waals surface area contributed by atoms with Crippen molar-refractivity contribution in [3.8, 4) is 0 Å². The van der Waals surface area contributed by atoms with Crippen LogP contribution in [0, 0.1) is 0 Å². The Bertz CT molecular complexity index is 372. The van der Waals surface area contributed by atoms with Crippen molar-refractivity contribution in [1.82, 2.24) is 15.3 Å². The second-order valence-corrected chi connectivity index (χ2v) is 3.25. The molecular weight excluding hydrogens is 190 g/mol. The zero-order valence-corrected chi connectivity index (χ0v) is 8.39. The molecule has 1 N–H and O–H groups in total. The average Bonchev–Trinajstić information content (AvgIpc) is 2.79. The van der Waals surface area contributed by atoms with Crippen molar-refractivity contribution in [2.75, 3.05) is 6.54 Å². The summed E-state index contributed by atoms with van der Waals surface area (Å²) in [6.45, 7) is 1.65. The Morgan fingerprint density at radius 1 is 1.20 bits per heavy atom. The lowest BCUT2D eigenvalue weighted by atomic mass is 10.2. The normalized spacial score (nSPS) is 10.4. The first kappa shape index (κ1) is 9.86. The average molecular weight is 203 g/mol. The van der Waals surface area contributed by atoms with Gasteiger partial charge in [-0.3, -0.25) is 4.98 Å². The molecule has 0 spiro atoms. The summed E-state index contributed by atoms with van der Waals surface area (Å²) in [5.74, 6) is 0.865. The highest BCUT2D eigenvalue weighted by Gasteiger charge is 1.95. The summed E-state index contributed by atoms with van der Waals surface area (Å²) < 4.78 is 5.10. The van der Waals surface area contributed by atoms with Crippen molar-refractivity contribution in [3.05, 3.63) is 48.4 Å². The summed E-state index contributed by atoms with van der Waals surface area (Å²) in [6, 6.07) is 4.05. The first-order chi connectivity index (χ1) is 7.45. The van der Waals surface area contributed by atoms with E-state index in [0.29, 0.717) is 0 Å². The van der Waals surface area contributed by atoms with Crippen LogP contribution in [0.25, 0.3) is 0 Å². The molecular formula is C11H13N3O. The Morgan fingerprint density at radius 3 is 2.80 bits per heavy atom. The van der Waals surface area contributed by atoms with Crippen molar-refractivity contribution in [2.45, 2.75) is 13.0 Å². The van der Waals surface area contributed by atoms with Gasteiger partial charge in [-0.1, -0.05) is 0 Å². The molecule has 0 aliphatic rings. The minimum absolute atomic E-state index is 0.727. The molecule has 0 unspecified atom stereocenters. The van der Waals surface area contributed by atoms with E-state index in [1.54, 1.807) is 6.20 Å². The largest absolute Gasteiger partial charge is 0.447 e. The molecule has 0 atom stereocenters. The maximum Gasteiger partial charge on any atom is 0.180 e. The van der Waals surface area contributed by atoms with Gasteiger partial charge in [-0.15, -0.1) is 0 Å². The zero-order chi connectivity index (χ0) is 10.3. The summed E-state index contributed by atoms with van der Waals surface area (Å²) in [5, 5.41) is 3.28. The van der Waals surface area contributed by atoms with E-state index in [2.05, 4.69) is 15.3 Å². The van der Waals surface area contributed by atoms with E-state index in [1.165, 1.54) is 12.0 Å². The predicted molar refractivity (Wildman–Crippen MR) is 56.2 cm³/mol. The lowest BCUT2D eigenvalue weighted by Crippen LogP contribution is -2.16. The maximum atomic E-state index is 5.10. The molecule has 2 aromatic heterocycles. The van der Waals surface area contributed by atoms with Gasteiger partial charge in [-0.05, 0) is 30.7 Å². The van der Waals surface area contributed by atoms with Gasteiger partial charge in [-0.25, -0.2) is 4.98 Å². The van der Waals surface area contributed by atoms with E-state index in [1.807, 2.05) is 24.5 Å². The Kier molecular flexibility index (Phi) is 3.46. The van der Waals surface area contributed by atoms with E-state index in [-0.39, 0.29) is 0 Å². The van der Waals surface area contributed by atoms with Gasteiger partial charge in [0.2, 0.25) is 0 Å². The number of oxazole rings is 1. The molecule has 78 valence electrons. The van der Waals surface area contributed by atoms with Crippen molar-refractivity contribution >= 4 is 0 Å². The van der Waals surface area contributed by atoms with Gasteiger partial charge in [-0.2, -0.15) is 0 Å². The van der Waals surface area contributed by atoms with Crippen molar-refractivity contribution in [2.24, 2.45) is 0 Å². The van der Waals surface area contributed by atoms with E-state index in [4.69, 9.17) is 4.42 Å². The third kappa shape index (κ3) is 3.18. The molecule has 4 nitrogen and oxygen atoms in total. The van der Waals surface area contributed by atoms with Crippen LogP contribution in [0.2, 0.25) is 0 Å². The monoisotopic (exact) mass is 203 g/mol. The summed E-state index contributed by atoms with van der Waals surface area (Å²) >= 11 is 0. The first-order valence-corrected chi connectivity index (χ1v) is 4.92. The molecule has 2 rings (SSSR count). The highest BCUT2D eigenvalue weighted by atomic mass is 16.3. The van der Waals surface area contributed by atoms with Crippen LogP contribution in [0.4, 0.5) is 0 Å². The summed E-state index contributed by atoms with van der Waals surface area (Å²) in [6.07, 6.45) is 7.79. The van der Waals surface area contributed by atoms with Crippen LogP contribution in [0.15, 0.2) is 41.5 Å². The smallest absolute Gasteiger partial charge is 0.180 e. The Morgan fingerprint density at radius 2 is 2.07 bits per heavy atom. The second-order valence-electron chi connectivity index (χ2n) is 3.25. The molecule has 2 heterocycles. The molecule has 0 saturated carbocycles. The fourth-order valence-corrected chi connectivity index (χ4v) is 1.32. The molecule has 0 saturated heterocycles. The molecule has 0 aliphatic carbocycles. The lowest BCUT2D eigenvalue weighted by Gasteiger charge is -2.02. The van der Waals surface area contributed by atoms with Crippen molar-refractivity contribution < 1.29 is 4.42 Å². The minimum atomic E-state index is 0.727. The number of rotatable bonds is 5. The Balaban J connectivity index is 1.68. The third-order valence-corrected chi connectivity index (χ3v) is 2.12. The summed E-state index contributed by atoms with van der Waals surface area (Å²) in [7, 11) is 0. The molecule has 0 bridgehead atoms. The third-order valence-electron chi connectivity index (χ3n) is 2.12. The number of nitrogens with zero attached hydrogens (tertiary/aromatic N) is 2. The summed E-state index contributed by atoms with van der Waals surface area (Å²) in [5.41, 5.74) is 1.29. The standard InChI is InChI=1S/C11H13N3O/c1-4-12-5-2-10(1)3-6-13-7-11-8-14-9-15-11/h1-2,4-5,8-9,13H,3,6-7H2. The van der Waals surface area contributed by atoms with Crippen molar-refractivity contribution in [3.63, 3.8) is 0 Å². The van der Waals surface area contributed by atoms with E-state index in [9.17, 15) is 0 Å². The molecule has 2 aromatic rings. The Labute approximate surface area is 88.4 Å². The van der Waals surface area contributed by atoms with Crippen LogP contribution in [0.3, 0.4) is 0 Å². The van der Waals surface area contributed by atoms with Gasteiger partial charge in [0.15, 0.2) is 6.39 Å². The summed E-state index contributed by atoms with van der Waals surface area (Å²) in [4.78, 5) is 7.81. The van der Waals surface area contributed by atoms with Crippen LogP contribution in [-0.2, 0) is 13.0 Å². The highest BCUT2D eigenvalue weighted by molar-refractivity contribution is 5.09. The van der Waals surface area contributed by atoms with Gasteiger partial charge in [0.25, 0.3) is 0 Å². The maximum absolute atomic E-state index is 5.10. The minimum Gasteiger partial charge on any atom is -0.447 e. The highest BCUT2D eigenvalue weighted by Crippen LogP contribution is 1.98. The molecule has 0 fully saturated rings. The van der Waals surface area contributed by atoms with E-state index < -0.39 is 0 Å². The molecule has 0 amide bonds. The van der Waals surface area contributed by atoms with Crippen molar-refractivity contribution in [1.29, 1.82) is 0 Å². The topological polar surface area (TPSA) is 51.0 Å². The first-order valence-electron chi connectivity index (χ1n) is 4.92. The van der Waals surface area contributed by atoms with Gasteiger partial charge < -0.3 is 9.73 Å². The SMILES string of the molecule is c1cc(CCNCc2cnco2)ccn1. The quantitative estimate of drug-likeness (QED) is 0.746. The van der Waals surface area contributed by atoms with E-state index in [0.717, 1.165) is 25.3 Å². The molecule has 4 heteroatoms. The number of aromatic nitrogens is 2. The van der Waals surface area contributed by atoms with Crippen LogP contribution in [0.5, 0.6) is 0 Å². The molecule has 0 radical (unpaired) electrons. The number of hydrogen-bond acceptors (Lipinski definition) is 4. The number of nitrogens with one attached hydrogen (secondary N) is 1. The van der Waals surface area contributed by atoms with Gasteiger partial charge >= 0.3 is 0 Å². The van der Waals surface area contributed by atoms with Gasteiger partial charge in [0.05, 0.1) is 12.7 Å². The van der Waals surface area contributed by atoms with Crippen LogP contribution < -0.4 is 5.32 Å².